The van der Waals surface area contributed by atoms with E-state index in [1.165, 1.54) is 38.5 Å². The number of likely N-dealkylation sites (tertiary alicyclic amines) is 1. The van der Waals surface area contributed by atoms with Crippen molar-refractivity contribution >= 4 is 5.97 Å². The van der Waals surface area contributed by atoms with E-state index in [1.807, 2.05) is 0 Å². The zero-order valence-corrected chi connectivity index (χ0v) is 11.7. The van der Waals surface area contributed by atoms with E-state index in [1.54, 1.807) is 0 Å². The molecule has 2 fully saturated rings. The highest BCUT2D eigenvalue weighted by Gasteiger charge is 2.34. The summed E-state index contributed by atoms with van der Waals surface area (Å²) in [6, 6.07) is 0.659. The second-order valence-corrected chi connectivity index (χ2v) is 5.80. The molecule has 3 nitrogen and oxygen atoms in total. The van der Waals surface area contributed by atoms with Crippen LogP contribution in [0.25, 0.3) is 0 Å². The Bertz CT molecular complexity index is 261. The highest BCUT2D eigenvalue weighted by Crippen LogP contribution is 2.35. The Morgan fingerprint density at radius 3 is 2.72 bits per heavy atom. The summed E-state index contributed by atoms with van der Waals surface area (Å²) in [6.45, 7) is 4.32. The third kappa shape index (κ3) is 3.71. The van der Waals surface area contributed by atoms with E-state index in [-0.39, 0.29) is 5.97 Å². The van der Waals surface area contributed by atoms with Crippen LogP contribution in [0.15, 0.2) is 0 Å². The van der Waals surface area contributed by atoms with Gasteiger partial charge in [0.15, 0.2) is 0 Å². The van der Waals surface area contributed by atoms with Gasteiger partial charge >= 0.3 is 5.97 Å². The first-order chi connectivity index (χ1) is 8.81. The third-order valence-electron chi connectivity index (χ3n) is 4.45. The van der Waals surface area contributed by atoms with Crippen LogP contribution < -0.4 is 0 Å². The van der Waals surface area contributed by atoms with Crippen molar-refractivity contribution < 1.29 is 9.53 Å². The fourth-order valence-corrected chi connectivity index (χ4v) is 3.47. The van der Waals surface area contributed by atoms with Crippen LogP contribution in [0.3, 0.4) is 0 Å². The molecule has 104 valence electrons. The quantitative estimate of drug-likeness (QED) is 0.538. The van der Waals surface area contributed by atoms with Crippen LogP contribution in [0.4, 0.5) is 0 Å². The van der Waals surface area contributed by atoms with Gasteiger partial charge in [-0.05, 0) is 44.6 Å². The van der Waals surface area contributed by atoms with E-state index in [2.05, 4.69) is 11.8 Å². The van der Waals surface area contributed by atoms with Gasteiger partial charge in [-0.2, -0.15) is 0 Å². The molecule has 1 aliphatic heterocycles. The van der Waals surface area contributed by atoms with Crippen molar-refractivity contribution in [2.75, 3.05) is 19.7 Å². The van der Waals surface area contributed by atoms with Crippen molar-refractivity contribution in [2.24, 2.45) is 5.92 Å². The predicted octanol–water partition coefficient (Wildman–Crippen LogP) is 2.98. The van der Waals surface area contributed by atoms with Gasteiger partial charge in [-0.25, -0.2) is 0 Å². The lowest BCUT2D eigenvalue weighted by Crippen LogP contribution is -2.38. The monoisotopic (exact) mass is 253 g/mol. The van der Waals surface area contributed by atoms with Crippen LogP contribution >= 0.6 is 0 Å². The first-order valence-electron chi connectivity index (χ1n) is 7.71. The van der Waals surface area contributed by atoms with E-state index in [0.717, 1.165) is 25.3 Å². The molecule has 1 unspecified atom stereocenters. The van der Waals surface area contributed by atoms with Gasteiger partial charge in [0.25, 0.3) is 0 Å². The van der Waals surface area contributed by atoms with Crippen LogP contribution in [0, 0.1) is 5.92 Å². The van der Waals surface area contributed by atoms with Crippen molar-refractivity contribution in [1.82, 2.24) is 4.90 Å². The minimum atomic E-state index is -0.0200. The molecule has 1 saturated heterocycles. The number of esters is 1. The summed E-state index contributed by atoms with van der Waals surface area (Å²) in [5, 5.41) is 0. The average Bonchev–Trinajstić information content (AvgIpc) is 2.99. The smallest absolute Gasteiger partial charge is 0.320 e. The second kappa shape index (κ2) is 7.13. The molecule has 0 amide bonds. The third-order valence-corrected chi connectivity index (χ3v) is 4.45. The molecule has 0 spiro atoms. The van der Waals surface area contributed by atoms with Gasteiger partial charge in [0.1, 0.15) is 0 Å². The molecule has 18 heavy (non-hydrogen) atoms. The maximum absolute atomic E-state index is 11.8. The fraction of sp³-hybridized carbons (Fsp3) is 0.933. The number of ether oxygens (including phenoxy) is 1. The molecule has 1 heterocycles. The molecule has 0 bridgehead atoms. The van der Waals surface area contributed by atoms with Gasteiger partial charge in [-0.1, -0.05) is 26.2 Å². The molecule has 3 heteroatoms. The Labute approximate surface area is 111 Å². The Morgan fingerprint density at radius 2 is 2.00 bits per heavy atom. The number of carbonyl (C=O) groups excluding carboxylic acids is 1. The Balaban J connectivity index is 1.74. The topological polar surface area (TPSA) is 29.5 Å². The molecule has 1 aliphatic carbocycles. The summed E-state index contributed by atoms with van der Waals surface area (Å²) >= 11 is 0. The summed E-state index contributed by atoms with van der Waals surface area (Å²) in [4.78, 5) is 14.1. The molecular formula is C15H27NO2. The maximum Gasteiger partial charge on any atom is 0.320 e. The Kier molecular flexibility index (Phi) is 5.48. The summed E-state index contributed by atoms with van der Waals surface area (Å²) in [7, 11) is 0. The lowest BCUT2D eigenvalue weighted by Gasteiger charge is -2.28. The first-order valence-corrected chi connectivity index (χ1v) is 7.71. The lowest BCUT2D eigenvalue weighted by atomic mass is 9.96. The molecule has 0 radical (unpaired) electrons. The van der Waals surface area contributed by atoms with Gasteiger partial charge in [-0.3, -0.25) is 9.69 Å². The van der Waals surface area contributed by atoms with Crippen LogP contribution in [0.5, 0.6) is 0 Å². The van der Waals surface area contributed by atoms with Crippen LogP contribution in [0.1, 0.15) is 58.3 Å². The molecule has 0 aromatic heterocycles. The number of carbonyl (C=O) groups is 1. The Hall–Kier alpha value is -0.570. The maximum atomic E-state index is 11.8. The SMILES string of the molecule is CCCCOC(=O)CN1CCCC1C1CCCC1. The molecule has 0 aromatic rings. The number of hydrogen-bond donors (Lipinski definition) is 0. The van der Waals surface area contributed by atoms with Crippen molar-refractivity contribution in [3.63, 3.8) is 0 Å². The first kappa shape index (κ1) is 13.9. The number of rotatable bonds is 6. The van der Waals surface area contributed by atoms with E-state index >= 15 is 0 Å². The predicted molar refractivity (Wildman–Crippen MR) is 72.4 cm³/mol. The number of hydrogen-bond acceptors (Lipinski definition) is 3. The molecule has 0 N–H and O–H groups in total. The minimum absolute atomic E-state index is 0.0200. The van der Waals surface area contributed by atoms with E-state index in [4.69, 9.17) is 4.74 Å². The summed E-state index contributed by atoms with van der Waals surface area (Å²) in [5.74, 6) is 0.823. The van der Waals surface area contributed by atoms with Crippen LogP contribution in [0.2, 0.25) is 0 Å². The molecular weight excluding hydrogens is 226 g/mol. The van der Waals surface area contributed by atoms with Crippen molar-refractivity contribution in [3.05, 3.63) is 0 Å². The summed E-state index contributed by atoms with van der Waals surface area (Å²) in [6.07, 6.45) is 10.1. The summed E-state index contributed by atoms with van der Waals surface area (Å²) < 4.78 is 5.27. The van der Waals surface area contributed by atoms with Crippen LogP contribution in [-0.4, -0.2) is 36.6 Å². The Morgan fingerprint density at radius 1 is 1.22 bits per heavy atom. The largest absolute Gasteiger partial charge is 0.465 e. The van der Waals surface area contributed by atoms with Gasteiger partial charge in [0.2, 0.25) is 0 Å². The highest BCUT2D eigenvalue weighted by atomic mass is 16.5. The molecule has 2 rings (SSSR count). The zero-order chi connectivity index (χ0) is 12.8. The summed E-state index contributed by atoms with van der Waals surface area (Å²) in [5.41, 5.74) is 0. The van der Waals surface area contributed by atoms with Gasteiger partial charge in [0.05, 0.1) is 13.2 Å². The minimum Gasteiger partial charge on any atom is -0.465 e. The lowest BCUT2D eigenvalue weighted by molar-refractivity contribution is -0.145. The molecule has 2 aliphatic rings. The standard InChI is InChI=1S/C15H27NO2/c1-2-3-11-18-15(17)12-16-10-6-9-14(16)13-7-4-5-8-13/h13-14H,2-12H2,1H3. The van der Waals surface area contributed by atoms with Gasteiger partial charge in [0, 0.05) is 6.04 Å². The fourth-order valence-electron chi connectivity index (χ4n) is 3.47. The zero-order valence-electron chi connectivity index (χ0n) is 11.7. The second-order valence-electron chi connectivity index (χ2n) is 5.80. The van der Waals surface area contributed by atoms with E-state index in [0.29, 0.717) is 19.2 Å². The van der Waals surface area contributed by atoms with Gasteiger partial charge < -0.3 is 4.74 Å². The van der Waals surface area contributed by atoms with E-state index < -0.39 is 0 Å². The van der Waals surface area contributed by atoms with E-state index in [9.17, 15) is 4.79 Å². The average molecular weight is 253 g/mol. The normalized spacial score (nSPS) is 25.7. The van der Waals surface area contributed by atoms with Crippen molar-refractivity contribution in [3.8, 4) is 0 Å². The number of unbranched alkanes of at least 4 members (excludes halogenated alkanes) is 1. The van der Waals surface area contributed by atoms with Gasteiger partial charge in [-0.15, -0.1) is 0 Å². The molecule has 1 saturated carbocycles. The van der Waals surface area contributed by atoms with Crippen molar-refractivity contribution in [2.45, 2.75) is 64.3 Å². The van der Waals surface area contributed by atoms with Crippen molar-refractivity contribution in [1.29, 1.82) is 0 Å². The molecule has 1 atom stereocenters. The van der Waals surface area contributed by atoms with Crippen LogP contribution in [-0.2, 0) is 9.53 Å². The molecule has 0 aromatic carbocycles. The highest BCUT2D eigenvalue weighted by molar-refractivity contribution is 5.71. The number of nitrogens with zero attached hydrogens (tertiary/aromatic N) is 1.